The summed E-state index contributed by atoms with van der Waals surface area (Å²) in [5.74, 6) is 0.878. The minimum absolute atomic E-state index is 0.0465. The van der Waals surface area contributed by atoms with E-state index in [0.717, 1.165) is 12.8 Å². The molecule has 1 aromatic heterocycles. The summed E-state index contributed by atoms with van der Waals surface area (Å²) in [7, 11) is 0. The molecule has 138 valence electrons. The molecule has 7 heteroatoms. The lowest BCUT2D eigenvalue weighted by Gasteiger charge is -2.24. The van der Waals surface area contributed by atoms with Gasteiger partial charge in [0.25, 0.3) is 5.91 Å². The van der Waals surface area contributed by atoms with Gasteiger partial charge in [-0.15, -0.1) is 0 Å². The Labute approximate surface area is 147 Å². The highest BCUT2D eigenvalue weighted by Gasteiger charge is 2.31. The molecule has 1 aliphatic carbocycles. The normalized spacial score (nSPS) is 21.4. The van der Waals surface area contributed by atoms with Gasteiger partial charge in [0.15, 0.2) is 5.76 Å². The highest BCUT2D eigenvalue weighted by molar-refractivity contribution is 5.92. The third-order valence-electron chi connectivity index (χ3n) is 4.83. The predicted molar refractivity (Wildman–Crippen MR) is 89.8 cm³/mol. The molecule has 2 N–H and O–H groups in total. The fraction of sp³-hybridized carbons (Fsp3) is 0.667. The molecule has 1 saturated carbocycles. The topological polar surface area (TPSA) is 92.0 Å². The second-order valence-electron chi connectivity index (χ2n) is 6.88. The van der Waals surface area contributed by atoms with Crippen molar-refractivity contribution >= 4 is 11.8 Å². The van der Waals surface area contributed by atoms with Crippen LogP contribution in [0.15, 0.2) is 16.5 Å². The fourth-order valence-corrected chi connectivity index (χ4v) is 3.04. The third-order valence-corrected chi connectivity index (χ3v) is 4.83. The number of rotatable bonds is 8. The first kappa shape index (κ1) is 17.9. The maximum absolute atomic E-state index is 12.6. The number of likely N-dealkylation sites (tertiary alicyclic amines) is 1. The monoisotopic (exact) mass is 350 g/mol. The van der Waals surface area contributed by atoms with Crippen LogP contribution in [0.4, 0.5) is 0 Å². The summed E-state index contributed by atoms with van der Waals surface area (Å²) in [5, 5.41) is 11.9. The van der Waals surface area contributed by atoms with Crippen LogP contribution >= 0.6 is 0 Å². The molecule has 2 atom stereocenters. The van der Waals surface area contributed by atoms with E-state index in [9.17, 15) is 9.59 Å². The molecule has 2 heterocycles. The number of ether oxygens (including phenoxy) is 1. The van der Waals surface area contributed by atoms with Crippen molar-refractivity contribution in [2.24, 2.45) is 5.92 Å². The fourth-order valence-electron chi connectivity index (χ4n) is 3.04. The van der Waals surface area contributed by atoms with Gasteiger partial charge in [0, 0.05) is 19.1 Å². The smallest absolute Gasteiger partial charge is 0.289 e. The Morgan fingerprint density at radius 3 is 2.88 bits per heavy atom. The van der Waals surface area contributed by atoms with E-state index in [0.29, 0.717) is 31.4 Å². The Bertz CT molecular complexity index is 610. The van der Waals surface area contributed by atoms with E-state index in [1.807, 2.05) is 0 Å². The molecule has 2 unspecified atom stereocenters. The second kappa shape index (κ2) is 8.01. The molecule has 1 saturated heterocycles. The summed E-state index contributed by atoms with van der Waals surface area (Å²) >= 11 is 0. The van der Waals surface area contributed by atoms with Crippen LogP contribution in [0.2, 0.25) is 0 Å². The molecular weight excluding hydrogens is 324 g/mol. The lowest BCUT2D eigenvalue weighted by atomic mass is 10.2. The summed E-state index contributed by atoms with van der Waals surface area (Å²) in [4.78, 5) is 26.4. The van der Waals surface area contributed by atoms with Gasteiger partial charge in [0.05, 0.1) is 6.61 Å². The summed E-state index contributed by atoms with van der Waals surface area (Å²) in [5.41, 5.74) is 0. The van der Waals surface area contributed by atoms with E-state index in [4.69, 9.17) is 14.3 Å². The number of nitrogens with zero attached hydrogens (tertiary/aromatic N) is 1. The summed E-state index contributed by atoms with van der Waals surface area (Å²) in [6.07, 6.45) is 3.66. The van der Waals surface area contributed by atoms with Crippen LogP contribution in [0.25, 0.3) is 0 Å². The first-order chi connectivity index (χ1) is 12.1. The van der Waals surface area contributed by atoms with Gasteiger partial charge in [-0.25, -0.2) is 0 Å². The maximum Gasteiger partial charge on any atom is 0.289 e. The Hall–Kier alpha value is -1.86. The van der Waals surface area contributed by atoms with E-state index < -0.39 is 6.10 Å². The predicted octanol–water partition coefficient (Wildman–Crippen LogP) is 1.31. The van der Waals surface area contributed by atoms with Gasteiger partial charge in [-0.2, -0.15) is 0 Å². The van der Waals surface area contributed by atoms with Crippen LogP contribution in [0.5, 0.6) is 0 Å². The molecule has 2 fully saturated rings. The zero-order valence-electron chi connectivity index (χ0n) is 14.6. The van der Waals surface area contributed by atoms with Crippen LogP contribution in [-0.4, -0.2) is 53.7 Å². The van der Waals surface area contributed by atoms with E-state index in [2.05, 4.69) is 5.32 Å². The molecule has 0 bridgehead atoms. The van der Waals surface area contributed by atoms with Crippen LogP contribution in [0.3, 0.4) is 0 Å². The number of carbonyl (C=O) groups excluding carboxylic acids is 2. The molecule has 0 aromatic carbocycles. The number of hydrogen-bond acceptors (Lipinski definition) is 5. The molecule has 0 spiro atoms. The lowest BCUT2D eigenvalue weighted by molar-refractivity contribution is -0.132. The number of furan rings is 1. The molecule has 25 heavy (non-hydrogen) atoms. The molecule has 1 aromatic rings. The number of aliphatic hydroxyl groups excluding tert-OH is 1. The summed E-state index contributed by atoms with van der Waals surface area (Å²) in [6.45, 7) is 3.23. The van der Waals surface area contributed by atoms with Crippen LogP contribution in [0.1, 0.15) is 48.9 Å². The third kappa shape index (κ3) is 4.61. The minimum atomic E-state index is -0.469. The van der Waals surface area contributed by atoms with Crippen molar-refractivity contribution in [3.8, 4) is 0 Å². The SMILES string of the molecule is CC(OCC1CC1)C(=O)NCC1CCCN1C(=O)c1ccc(CO)o1. The Morgan fingerprint density at radius 1 is 1.40 bits per heavy atom. The van der Waals surface area contributed by atoms with Gasteiger partial charge >= 0.3 is 0 Å². The zero-order chi connectivity index (χ0) is 17.8. The van der Waals surface area contributed by atoms with Gasteiger partial charge in [-0.05, 0) is 50.7 Å². The second-order valence-corrected chi connectivity index (χ2v) is 6.88. The van der Waals surface area contributed by atoms with Crippen molar-refractivity contribution in [3.63, 3.8) is 0 Å². The van der Waals surface area contributed by atoms with Crippen molar-refractivity contribution in [3.05, 3.63) is 23.7 Å². The Balaban J connectivity index is 1.49. The average Bonchev–Trinajstić information content (AvgIpc) is 3.13. The van der Waals surface area contributed by atoms with E-state index in [1.165, 1.54) is 12.8 Å². The van der Waals surface area contributed by atoms with Crippen LogP contribution in [-0.2, 0) is 16.1 Å². The van der Waals surface area contributed by atoms with Crippen LogP contribution in [0, 0.1) is 5.92 Å². The molecule has 7 nitrogen and oxygen atoms in total. The largest absolute Gasteiger partial charge is 0.453 e. The summed E-state index contributed by atoms with van der Waals surface area (Å²) < 4.78 is 10.9. The van der Waals surface area contributed by atoms with Crippen molar-refractivity contribution in [2.45, 2.75) is 51.4 Å². The lowest BCUT2D eigenvalue weighted by Crippen LogP contribution is -2.45. The Kier molecular flexibility index (Phi) is 5.75. The minimum Gasteiger partial charge on any atom is -0.453 e. The molecule has 2 amide bonds. The highest BCUT2D eigenvalue weighted by Crippen LogP contribution is 2.29. The van der Waals surface area contributed by atoms with Gasteiger partial charge in [0.2, 0.25) is 5.91 Å². The van der Waals surface area contributed by atoms with E-state index in [1.54, 1.807) is 24.0 Å². The molecule has 2 aliphatic rings. The number of hydrogen-bond donors (Lipinski definition) is 2. The average molecular weight is 350 g/mol. The first-order valence-electron chi connectivity index (χ1n) is 8.98. The molecular formula is C18H26N2O5. The van der Waals surface area contributed by atoms with Gasteiger partial charge in [0.1, 0.15) is 18.5 Å². The number of carbonyl (C=O) groups is 2. The van der Waals surface area contributed by atoms with Crippen LogP contribution < -0.4 is 5.32 Å². The summed E-state index contributed by atoms with van der Waals surface area (Å²) in [6, 6.07) is 3.13. The van der Waals surface area contributed by atoms with Crippen molar-refractivity contribution in [1.29, 1.82) is 0 Å². The standard InChI is InChI=1S/C18H26N2O5/c1-12(24-11-13-4-5-13)17(22)19-9-14-3-2-8-20(14)18(23)16-7-6-15(10-21)25-16/h6-7,12-14,21H,2-5,8-11H2,1H3,(H,19,22). The zero-order valence-corrected chi connectivity index (χ0v) is 14.6. The Morgan fingerprint density at radius 2 is 2.20 bits per heavy atom. The quantitative estimate of drug-likeness (QED) is 0.737. The van der Waals surface area contributed by atoms with E-state index in [-0.39, 0.29) is 30.2 Å². The maximum atomic E-state index is 12.6. The highest BCUT2D eigenvalue weighted by atomic mass is 16.5. The van der Waals surface area contributed by atoms with Gasteiger partial charge < -0.3 is 24.5 Å². The number of amides is 2. The first-order valence-corrected chi connectivity index (χ1v) is 8.98. The van der Waals surface area contributed by atoms with Crippen molar-refractivity contribution in [2.75, 3.05) is 19.7 Å². The van der Waals surface area contributed by atoms with Gasteiger partial charge in [-0.3, -0.25) is 9.59 Å². The molecule has 3 rings (SSSR count). The van der Waals surface area contributed by atoms with Crippen molar-refractivity contribution < 1.29 is 23.8 Å². The molecule has 1 aliphatic heterocycles. The van der Waals surface area contributed by atoms with Crippen molar-refractivity contribution in [1.82, 2.24) is 10.2 Å². The van der Waals surface area contributed by atoms with Gasteiger partial charge in [-0.1, -0.05) is 0 Å². The number of nitrogens with one attached hydrogen (secondary N) is 1. The number of aliphatic hydroxyl groups is 1. The molecule has 0 radical (unpaired) electrons. The van der Waals surface area contributed by atoms with E-state index >= 15 is 0 Å².